The van der Waals surface area contributed by atoms with E-state index in [1.165, 1.54) is 11.8 Å². The van der Waals surface area contributed by atoms with Crippen molar-refractivity contribution in [3.8, 4) is 0 Å². The van der Waals surface area contributed by atoms with Crippen LogP contribution < -0.4 is 0 Å². The zero-order chi connectivity index (χ0) is 13.4. The second-order valence-corrected chi connectivity index (χ2v) is 4.51. The molecule has 0 radical (unpaired) electrons. The van der Waals surface area contributed by atoms with Gasteiger partial charge in [-0.05, 0) is 19.1 Å². The summed E-state index contributed by atoms with van der Waals surface area (Å²) in [5.74, 6) is 0.128. The maximum atomic E-state index is 11.2. The molecule has 0 saturated heterocycles. The molecule has 0 aliphatic heterocycles. The minimum Gasteiger partial charge on any atom is -0.465 e. The molecule has 18 heavy (non-hydrogen) atoms. The van der Waals surface area contributed by atoms with E-state index < -0.39 is 0 Å². The van der Waals surface area contributed by atoms with Gasteiger partial charge in [-0.25, -0.2) is 0 Å². The van der Waals surface area contributed by atoms with Gasteiger partial charge >= 0.3 is 5.97 Å². The fourth-order valence-corrected chi connectivity index (χ4v) is 2.13. The van der Waals surface area contributed by atoms with Crippen LogP contribution in [0.15, 0.2) is 29.2 Å². The van der Waals surface area contributed by atoms with E-state index in [9.17, 15) is 4.79 Å². The lowest BCUT2D eigenvalue weighted by atomic mass is 10.2. The van der Waals surface area contributed by atoms with Crippen LogP contribution in [0.3, 0.4) is 0 Å². The van der Waals surface area contributed by atoms with Crippen LogP contribution >= 0.6 is 11.8 Å². The Bertz CT molecular complexity index is 360. The predicted molar refractivity (Wildman–Crippen MR) is 70.6 cm³/mol. The summed E-state index contributed by atoms with van der Waals surface area (Å²) in [5, 5.41) is 0. The molecule has 0 spiro atoms. The van der Waals surface area contributed by atoms with Crippen molar-refractivity contribution in [3.05, 3.63) is 29.8 Å². The first kappa shape index (κ1) is 15.0. The predicted octanol–water partition coefficient (Wildman–Crippen LogP) is 2.63. The second-order valence-electron chi connectivity index (χ2n) is 3.47. The van der Waals surface area contributed by atoms with Gasteiger partial charge in [-0.15, -0.1) is 11.8 Å². The molecule has 0 aliphatic rings. The van der Waals surface area contributed by atoms with Crippen molar-refractivity contribution in [1.82, 2.24) is 0 Å². The highest BCUT2D eigenvalue weighted by Crippen LogP contribution is 2.22. The van der Waals surface area contributed by atoms with Crippen molar-refractivity contribution < 1.29 is 19.0 Å². The molecule has 0 unspecified atom stereocenters. The van der Waals surface area contributed by atoms with Gasteiger partial charge in [-0.3, -0.25) is 4.79 Å². The Kier molecular flexibility index (Phi) is 6.78. The molecule has 4 nitrogen and oxygen atoms in total. The molecule has 1 aromatic rings. The Morgan fingerprint density at radius 1 is 1.22 bits per heavy atom. The van der Waals surface area contributed by atoms with Crippen LogP contribution in [0.25, 0.3) is 0 Å². The summed E-state index contributed by atoms with van der Waals surface area (Å²) in [6, 6.07) is 7.71. The maximum Gasteiger partial charge on any atom is 0.316 e. The fraction of sp³-hybridized carbons (Fsp3) is 0.462. The minimum absolute atomic E-state index is 0.196. The number of thioether (sulfide) groups is 1. The van der Waals surface area contributed by atoms with Crippen LogP contribution in [0.4, 0.5) is 0 Å². The molecule has 5 heteroatoms. The molecular weight excluding hydrogens is 252 g/mol. The minimum atomic E-state index is -0.353. The van der Waals surface area contributed by atoms with Crippen molar-refractivity contribution in [1.29, 1.82) is 0 Å². The highest BCUT2D eigenvalue weighted by Gasteiger charge is 2.09. The molecule has 0 atom stereocenters. The van der Waals surface area contributed by atoms with Gasteiger partial charge in [-0.2, -0.15) is 0 Å². The molecule has 0 aromatic heterocycles. The van der Waals surface area contributed by atoms with Crippen LogP contribution in [0.1, 0.15) is 18.8 Å². The number of benzene rings is 1. The first-order valence-electron chi connectivity index (χ1n) is 5.65. The molecule has 0 saturated carbocycles. The third kappa shape index (κ3) is 4.68. The van der Waals surface area contributed by atoms with Gasteiger partial charge in [0.25, 0.3) is 0 Å². The number of ether oxygens (including phenoxy) is 3. The molecule has 0 fully saturated rings. The fourth-order valence-electron chi connectivity index (χ4n) is 1.43. The zero-order valence-electron chi connectivity index (χ0n) is 10.8. The molecule has 0 bridgehead atoms. The van der Waals surface area contributed by atoms with E-state index in [0.29, 0.717) is 12.4 Å². The first-order chi connectivity index (χ1) is 8.71. The van der Waals surface area contributed by atoms with E-state index >= 15 is 0 Å². The van der Waals surface area contributed by atoms with Gasteiger partial charge in [0.1, 0.15) is 0 Å². The quantitative estimate of drug-likeness (QED) is 0.433. The Morgan fingerprint density at radius 3 is 2.33 bits per heavy atom. The number of carbonyl (C=O) groups excluding carboxylic acids is 1. The molecular formula is C13H18O4S. The Balaban J connectivity index is 2.52. The van der Waals surface area contributed by atoms with Gasteiger partial charge in [0, 0.05) is 24.7 Å². The van der Waals surface area contributed by atoms with Crippen molar-refractivity contribution in [3.63, 3.8) is 0 Å². The summed E-state index contributed by atoms with van der Waals surface area (Å²) >= 11 is 1.45. The standard InChI is InChI=1S/C13H18O4S/c1-4-17-12(14)9-18-11-7-5-10(6-8-11)13(15-2)16-3/h5-8,13H,4,9H2,1-3H3. The molecule has 1 aromatic carbocycles. The third-order valence-corrected chi connectivity index (χ3v) is 3.23. The number of hydrogen-bond acceptors (Lipinski definition) is 5. The van der Waals surface area contributed by atoms with Crippen molar-refractivity contribution in [2.24, 2.45) is 0 Å². The van der Waals surface area contributed by atoms with Crippen LogP contribution in [-0.4, -0.2) is 32.5 Å². The van der Waals surface area contributed by atoms with Crippen LogP contribution in [0, 0.1) is 0 Å². The Morgan fingerprint density at radius 2 is 1.83 bits per heavy atom. The number of carbonyl (C=O) groups is 1. The Hall–Kier alpha value is -1.04. The van der Waals surface area contributed by atoms with E-state index in [0.717, 1.165) is 10.5 Å². The summed E-state index contributed by atoms with van der Waals surface area (Å²) in [6.07, 6.45) is -0.353. The highest BCUT2D eigenvalue weighted by atomic mass is 32.2. The summed E-state index contributed by atoms with van der Waals surface area (Å²) in [7, 11) is 3.19. The summed E-state index contributed by atoms with van der Waals surface area (Å²) in [4.78, 5) is 12.2. The van der Waals surface area contributed by atoms with Crippen molar-refractivity contribution in [2.45, 2.75) is 18.1 Å². The van der Waals surface area contributed by atoms with E-state index in [4.69, 9.17) is 14.2 Å². The topological polar surface area (TPSA) is 44.8 Å². The maximum absolute atomic E-state index is 11.2. The lowest BCUT2D eigenvalue weighted by Crippen LogP contribution is -2.06. The average molecular weight is 270 g/mol. The first-order valence-corrected chi connectivity index (χ1v) is 6.63. The molecule has 100 valence electrons. The van der Waals surface area contributed by atoms with E-state index in [1.54, 1.807) is 21.1 Å². The monoisotopic (exact) mass is 270 g/mol. The lowest BCUT2D eigenvalue weighted by Gasteiger charge is -2.13. The van der Waals surface area contributed by atoms with Crippen LogP contribution in [-0.2, 0) is 19.0 Å². The van der Waals surface area contributed by atoms with Gasteiger partial charge in [0.15, 0.2) is 6.29 Å². The SMILES string of the molecule is CCOC(=O)CSc1ccc(C(OC)OC)cc1. The van der Waals surface area contributed by atoms with Gasteiger partial charge in [0.05, 0.1) is 12.4 Å². The van der Waals surface area contributed by atoms with Crippen LogP contribution in [0.5, 0.6) is 0 Å². The third-order valence-electron chi connectivity index (χ3n) is 2.24. The van der Waals surface area contributed by atoms with Gasteiger partial charge < -0.3 is 14.2 Å². The number of esters is 1. The van der Waals surface area contributed by atoms with E-state index in [1.807, 2.05) is 24.3 Å². The number of rotatable bonds is 7. The largest absolute Gasteiger partial charge is 0.465 e. The molecule has 0 amide bonds. The van der Waals surface area contributed by atoms with E-state index in [-0.39, 0.29) is 12.3 Å². The zero-order valence-corrected chi connectivity index (χ0v) is 11.7. The van der Waals surface area contributed by atoms with Crippen molar-refractivity contribution in [2.75, 3.05) is 26.6 Å². The molecule has 0 heterocycles. The summed E-state index contributed by atoms with van der Waals surface area (Å²) < 4.78 is 15.2. The Labute approximate surface area is 112 Å². The van der Waals surface area contributed by atoms with Gasteiger partial charge in [0.2, 0.25) is 0 Å². The van der Waals surface area contributed by atoms with Crippen LogP contribution in [0.2, 0.25) is 0 Å². The normalized spacial score (nSPS) is 10.7. The number of methoxy groups -OCH3 is 2. The van der Waals surface area contributed by atoms with Crippen molar-refractivity contribution >= 4 is 17.7 Å². The van der Waals surface area contributed by atoms with E-state index in [2.05, 4.69) is 0 Å². The molecule has 0 aliphatic carbocycles. The smallest absolute Gasteiger partial charge is 0.316 e. The summed E-state index contributed by atoms with van der Waals surface area (Å²) in [6.45, 7) is 2.22. The summed E-state index contributed by atoms with van der Waals surface area (Å²) in [5.41, 5.74) is 0.945. The highest BCUT2D eigenvalue weighted by molar-refractivity contribution is 8.00. The van der Waals surface area contributed by atoms with Gasteiger partial charge in [-0.1, -0.05) is 12.1 Å². The number of hydrogen-bond donors (Lipinski definition) is 0. The average Bonchev–Trinajstić information content (AvgIpc) is 2.39. The molecule has 1 rings (SSSR count). The molecule has 0 N–H and O–H groups in total. The second kappa shape index (κ2) is 8.13. The lowest BCUT2D eigenvalue weighted by molar-refractivity contribution is -0.139.